The van der Waals surface area contributed by atoms with Crippen molar-refractivity contribution in [3.05, 3.63) is 12.2 Å². The van der Waals surface area contributed by atoms with Crippen molar-refractivity contribution in [1.82, 2.24) is 4.90 Å². The van der Waals surface area contributed by atoms with Crippen molar-refractivity contribution in [1.29, 1.82) is 0 Å². The Morgan fingerprint density at radius 1 is 1.38 bits per heavy atom. The van der Waals surface area contributed by atoms with Crippen molar-refractivity contribution in [2.45, 2.75) is 33.1 Å². The van der Waals surface area contributed by atoms with E-state index in [1.165, 1.54) is 25.9 Å². The van der Waals surface area contributed by atoms with Crippen LogP contribution >= 0.6 is 0 Å². The summed E-state index contributed by atoms with van der Waals surface area (Å²) in [5, 5.41) is 0. The highest BCUT2D eigenvalue weighted by Crippen LogP contribution is 2.20. The van der Waals surface area contributed by atoms with Gasteiger partial charge in [-0.05, 0) is 51.7 Å². The Labute approximate surface area is 98.5 Å². The summed E-state index contributed by atoms with van der Waals surface area (Å²) in [6.45, 7) is 8.06. The Bertz CT molecular complexity index is 230. The van der Waals surface area contributed by atoms with Crippen molar-refractivity contribution in [3.8, 4) is 0 Å². The molecule has 0 aliphatic carbocycles. The lowest BCUT2D eigenvalue weighted by Gasteiger charge is -2.30. The van der Waals surface area contributed by atoms with E-state index in [0.29, 0.717) is 6.61 Å². The van der Waals surface area contributed by atoms with E-state index in [9.17, 15) is 4.79 Å². The van der Waals surface area contributed by atoms with E-state index in [4.69, 9.17) is 4.74 Å². The molecule has 3 nitrogen and oxygen atoms in total. The maximum absolute atomic E-state index is 11.1. The molecule has 1 aliphatic rings. The Hall–Kier alpha value is -0.830. The van der Waals surface area contributed by atoms with E-state index in [0.717, 1.165) is 18.9 Å². The van der Waals surface area contributed by atoms with E-state index < -0.39 is 0 Å². The average molecular weight is 225 g/mol. The van der Waals surface area contributed by atoms with Crippen LogP contribution in [0.25, 0.3) is 0 Å². The van der Waals surface area contributed by atoms with Crippen LogP contribution in [0, 0.1) is 5.92 Å². The summed E-state index contributed by atoms with van der Waals surface area (Å²) in [5.74, 6) is 0.530. The molecule has 0 N–H and O–H groups in total. The molecule has 1 fully saturated rings. The zero-order valence-corrected chi connectivity index (χ0v) is 10.4. The molecule has 0 unspecified atom stereocenters. The third-order valence-electron chi connectivity index (χ3n) is 3.16. The van der Waals surface area contributed by atoms with Crippen LogP contribution in [0.2, 0.25) is 0 Å². The third-order valence-corrected chi connectivity index (χ3v) is 3.16. The quantitative estimate of drug-likeness (QED) is 0.531. The molecule has 0 atom stereocenters. The molecule has 1 rings (SSSR count). The van der Waals surface area contributed by atoms with Crippen molar-refractivity contribution in [3.63, 3.8) is 0 Å². The van der Waals surface area contributed by atoms with Gasteiger partial charge < -0.3 is 9.64 Å². The van der Waals surface area contributed by atoms with Crippen molar-refractivity contribution in [2.24, 2.45) is 5.92 Å². The Balaban J connectivity index is 2.17. The molecule has 0 aromatic carbocycles. The smallest absolute Gasteiger partial charge is 0.330 e. The second kappa shape index (κ2) is 7.44. The highest BCUT2D eigenvalue weighted by molar-refractivity contribution is 5.81. The monoisotopic (exact) mass is 225 g/mol. The van der Waals surface area contributed by atoms with Crippen LogP contribution in [0.15, 0.2) is 12.2 Å². The largest absolute Gasteiger partial charge is 0.463 e. The summed E-state index contributed by atoms with van der Waals surface area (Å²) in [5.41, 5.74) is 0. The number of nitrogens with zero attached hydrogens (tertiary/aromatic N) is 1. The molecule has 0 saturated carbocycles. The molecule has 0 bridgehead atoms. The van der Waals surface area contributed by atoms with Gasteiger partial charge in [0.2, 0.25) is 0 Å². The summed E-state index contributed by atoms with van der Waals surface area (Å²) >= 11 is 0. The lowest BCUT2D eigenvalue weighted by molar-refractivity contribution is -0.137. The number of esters is 1. The minimum atomic E-state index is -0.214. The molecular formula is C13H23NO2. The fourth-order valence-electron chi connectivity index (χ4n) is 2.09. The Morgan fingerprint density at radius 2 is 2.06 bits per heavy atom. The SMILES string of the molecule is CCOC(=O)C=CCC1CCN(CC)CC1. The van der Waals surface area contributed by atoms with E-state index in [-0.39, 0.29) is 5.97 Å². The van der Waals surface area contributed by atoms with Crippen LogP contribution in [0.5, 0.6) is 0 Å². The number of likely N-dealkylation sites (tertiary alicyclic amines) is 1. The molecule has 0 spiro atoms. The Morgan fingerprint density at radius 3 is 2.62 bits per heavy atom. The first-order valence-electron chi connectivity index (χ1n) is 6.31. The molecule has 1 aliphatic heterocycles. The molecule has 0 amide bonds. The number of allylic oxidation sites excluding steroid dienone is 1. The lowest BCUT2D eigenvalue weighted by Crippen LogP contribution is -2.33. The number of hydrogen-bond acceptors (Lipinski definition) is 3. The maximum Gasteiger partial charge on any atom is 0.330 e. The maximum atomic E-state index is 11.1. The first kappa shape index (κ1) is 13.2. The van der Waals surface area contributed by atoms with Gasteiger partial charge in [0.1, 0.15) is 0 Å². The van der Waals surface area contributed by atoms with Gasteiger partial charge in [-0.25, -0.2) is 4.79 Å². The van der Waals surface area contributed by atoms with Crippen LogP contribution in [0.4, 0.5) is 0 Å². The van der Waals surface area contributed by atoms with E-state index in [1.54, 1.807) is 6.08 Å². The molecular weight excluding hydrogens is 202 g/mol. The number of ether oxygens (including phenoxy) is 1. The van der Waals surface area contributed by atoms with Crippen LogP contribution < -0.4 is 0 Å². The van der Waals surface area contributed by atoms with Gasteiger partial charge in [-0.3, -0.25) is 0 Å². The van der Waals surface area contributed by atoms with Gasteiger partial charge in [-0.2, -0.15) is 0 Å². The summed E-state index contributed by atoms with van der Waals surface area (Å²) in [7, 11) is 0. The van der Waals surface area contributed by atoms with Gasteiger partial charge in [0.15, 0.2) is 0 Å². The topological polar surface area (TPSA) is 29.5 Å². The second-order valence-corrected chi connectivity index (χ2v) is 4.27. The zero-order chi connectivity index (χ0) is 11.8. The fourth-order valence-corrected chi connectivity index (χ4v) is 2.09. The number of rotatable bonds is 5. The van der Waals surface area contributed by atoms with Gasteiger partial charge in [0, 0.05) is 6.08 Å². The molecule has 0 aromatic heterocycles. The van der Waals surface area contributed by atoms with Crippen molar-refractivity contribution < 1.29 is 9.53 Å². The molecule has 92 valence electrons. The van der Waals surface area contributed by atoms with Crippen LogP contribution in [-0.2, 0) is 9.53 Å². The summed E-state index contributed by atoms with van der Waals surface area (Å²) in [6, 6.07) is 0. The minimum absolute atomic E-state index is 0.214. The highest BCUT2D eigenvalue weighted by Gasteiger charge is 2.16. The van der Waals surface area contributed by atoms with Gasteiger partial charge in [0.25, 0.3) is 0 Å². The minimum Gasteiger partial charge on any atom is -0.463 e. The van der Waals surface area contributed by atoms with Gasteiger partial charge in [0.05, 0.1) is 6.61 Å². The third kappa shape index (κ3) is 4.79. The van der Waals surface area contributed by atoms with Gasteiger partial charge in [-0.1, -0.05) is 13.0 Å². The number of carbonyl (C=O) groups excluding carboxylic acids is 1. The van der Waals surface area contributed by atoms with Gasteiger partial charge in [-0.15, -0.1) is 0 Å². The fraction of sp³-hybridized carbons (Fsp3) is 0.769. The van der Waals surface area contributed by atoms with Crippen LogP contribution in [0.1, 0.15) is 33.1 Å². The number of piperidine rings is 1. The van der Waals surface area contributed by atoms with Crippen LogP contribution in [0.3, 0.4) is 0 Å². The molecule has 1 saturated heterocycles. The first-order chi connectivity index (χ1) is 7.76. The normalized spacial score (nSPS) is 19.1. The van der Waals surface area contributed by atoms with E-state index in [2.05, 4.69) is 11.8 Å². The molecule has 1 heterocycles. The molecule has 16 heavy (non-hydrogen) atoms. The van der Waals surface area contributed by atoms with E-state index >= 15 is 0 Å². The lowest BCUT2D eigenvalue weighted by atomic mass is 9.93. The standard InChI is InChI=1S/C13H23NO2/c1-3-14-10-8-12(9-11-14)6-5-7-13(15)16-4-2/h5,7,12H,3-4,6,8-11H2,1-2H3. The summed E-state index contributed by atoms with van der Waals surface area (Å²) in [6.07, 6.45) is 7.04. The zero-order valence-electron chi connectivity index (χ0n) is 10.4. The van der Waals surface area contributed by atoms with Crippen LogP contribution in [-0.4, -0.2) is 37.1 Å². The number of carbonyl (C=O) groups is 1. The average Bonchev–Trinajstić information content (AvgIpc) is 2.30. The van der Waals surface area contributed by atoms with Crippen molar-refractivity contribution in [2.75, 3.05) is 26.2 Å². The first-order valence-corrected chi connectivity index (χ1v) is 6.31. The summed E-state index contributed by atoms with van der Waals surface area (Å²) in [4.78, 5) is 13.5. The predicted molar refractivity (Wildman–Crippen MR) is 65.2 cm³/mol. The molecule has 3 heteroatoms. The van der Waals surface area contributed by atoms with E-state index in [1.807, 2.05) is 13.0 Å². The second-order valence-electron chi connectivity index (χ2n) is 4.27. The Kier molecular flexibility index (Phi) is 6.16. The number of hydrogen-bond donors (Lipinski definition) is 0. The highest BCUT2D eigenvalue weighted by atomic mass is 16.5. The van der Waals surface area contributed by atoms with Crippen molar-refractivity contribution >= 4 is 5.97 Å². The molecule has 0 radical (unpaired) electrons. The predicted octanol–water partition coefficient (Wildman–Crippen LogP) is 2.23. The summed E-state index contributed by atoms with van der Waals surface area (Å²) < 4.78 is 4.83. The molecule has 0 aromatic rings. The van der Waals surface area contributed by atoms with Gasteiger partial charge >= 0.3 is 5.97 Å².